The molecule has 1 aliphatic rings. The van der Waals surface area contributed by atoms with Gasteiger partial charge in [0.1, 0.15) is 0 Å². The number of thiazole rings is 1. The number of thioether (sulfide) groups is 1. The molecule has 7 heteroatoms. The van der Waals surface area contributed by atoms with Crippen LogP contribution < -0.4 is 15.5 Å². The molecule has 2 unspecified atom stereocenters. The topological polar surface area (TPSA) is 52.6 Å². The predicted molar refractivity (Wildman–Crippen MR) is 99.3 cm³/mol. The molecule has 0 spiro atoms. The van der Waals surface area contributed by atoms with E-state index in [-0.39, 0.29) is 0 Å². The molecule has 0 aliphatic heterocycles. The van der Waals surface area contributed by atoms with Crippen molar-refractivity contribution in [1.29, 1.82) is 0 Å². The average Bonchev–Trinajstić information content (AvgIpc) is 3.13. The lowest BCUT2D eigenvalue weighted by atomic mass is 10.2. The monoisotopic (exact) mass is 341 g/mol. The number of nitrogens with one attached hydrogen (secondary N) is 2. The van der Waals surface area contributed by atoms with Crippen LogP contribution in [0.25, 0.3) is 0 Å². The van der Waals surface area contributed by atoms with Gasteiger partial charge in [-0.2, -0.15) is 11.8 Å². The van der Waals surface area contributed by atoms with Gasteiger partial charge in [-0.15, -0.1) is 11.3 Å². The van der Waals surface area contributed by atoms with E-state index in [4.69, 9.17) is 0 Å². The standard InChI is InChI=1S/C15H27N5S2/c1-5-21-13-7-6-11(8-13)18-14(16-2)17-9-12-10-22-15(19-12)20(3)4/h10-11,13H,5-9H2,1-4H3,(H2,16,17,18). The summed E-state index contributed by atoms with van der Waals surface area (Å²) in [6.07, 6.45) is 3.78. The number of guanidine groups is 1. The lowest BCUT2D eigenvalue weighted by molar-refractivity contribution is 0.614. The molecule has 1 saturated carbocycles. The van der Waals surface area contributed by atoms with Crippen LogP contribution in [0.5, 0.6) is 0 Å². The molecule has 1 heterocycles. The van der Waals surface area contributed by atoms with Crippen molar-refractivity contribution in [2.75, 3.05) is 31.8 Å². The number of anilines is 1. The van der Waals surface area contributed by atoms with Gasteiger partial charge >= 0.3 is 0 Å². The molecule has 22 heavy (non-hydrogen) atoms. The smallest absolute Gasteiger partial charge is 0.191 e. The van der Waals surface area contributed by atoms with Crippen LogP contribution in [0.1, 0.15) is 31.9 Å². The van der Waals surface area contributed by atoms with Crippen LogP contribution in [-0.2, 0) is 6.54 Å². The largest absolute Gasteiger partial charge is 0.354 e. The molecule has 0 radical (unpaired) electrons. The van der Waals surface area contributed by atoms with Crippen LogP contribution in [0.4, 0.5) is 5.13 Å². The van der Waals surface area contributed by atoms with Crippen molar-refractivity contribution in [3.63, 3.8) is 0 Å². The van der Waals surface area contributed by atoms with Crippen LogP contribution in [-0.4, -0.2) is 49.1 Å². The zero-order valence-corrected chi connectivity index (χ0v) is 15.6. The molecule has 0 amide bonds. The highest BCUT2D eigenvalue weighted by Crippen LogP contribution is 2.29. The molecular weight excluding hydrogens is 314 g/mol. The molecule has 0 bridgehead atoms. The molecule has 1 fully saturated rings. The third-order valence-electron chi connectivity index (χ3n) is 3.71. The van der Waals surface area contributed by atoms with E-state index < -0.39 is 0 Å². The predicted octanol–water partition coefficient (Wildman–Crippen LogP) is 2.55. The number of hydrogen-bond acceptors (Lipinski definition) is 5. The van der Waals surface area contributed by atoms with Gasteiger partial charge in [-0.25, -0.2) is 4.98 Å². The normalized spacial score (nSPS) is 21.9. The Kier molecular flexibility index (Phi) is 6.82. The Morgan fingerprint density at radius 1 is 1.50 bits per heavy atom. The first kappa shape index (κ1) is 17.4. The van der Waals surface area contributed by atoms with Crippen LogP contribution in [0.2, 0.25) is 0 Å². The molecule has 0 aromatic carbocycles. The summed E-state index contributed by atoms with van der Waals surface area (Å²) in [5, 5.41) is 10.9. The average molecular weight is 342 g/mol. The summed E-state index contributed by atoms with van der Waals surface area (Å²) >= 11 is 3.75. The fourth-order valence-electron chi connectivity index (χ4n) is 2.60. The number of rotatable bonds is 6. The Labute approximate surface area is 142 Å². The van der Waals surface area contributed by atoms with Gasteiger partial charge in [-0.1, -0.05) is 6.92 Å². The Morgan fingerprint density at radius 3 is 2.95 bits per heavy atom. The van der Waals surface area contributed by atoms with Gasteiger partial charge in [0.2, 0.25) is 0 Å². The second-order valence-corrected chi connectivity index (χ2v) is 8.09. The van der Waals surface area contributed by atoms with E-state index >= 15 is 0 Å². The lowest BCUT2D eigenvalue weighted by Gasteiger charge is -2.17. The van der Waals surface area contributed by atoms with E-state index in [0.29, 0.717) is 12.6 Å². The Morgan fingerprint density at radius 2 is 2.32 bits per heavy atom. The number of hydrogen-bond donors (Lipinski definition) is 2. The summed E-state index contributed by atoms with van der Waals surface area (Å²) in [6.45, 7) is 2.95. The van der Waals surface area contributed by atoms with Crippen molar-refractivity contribution in [2.45, 2.75) is 44.0 Å². The third kappa shape index (κ3) is 5.05. The molecular formula is C15H27N5S2. The maximum atomic E-state index is 4.58. The Hall–Kier alpha value is -0.950. The molecule has 5 nitrogen and oxygen atoms in total. The second kappa shape index (κ2) is 8.62. The fourth-order valence-corrected chi connectivity index (χ4v) is 4.50. The minimum Gasteiger partial charge on any atom is -0.354 e. The summed E-state index contributed by atoms with van der Waals surface area (Å²) < 4.78 is 0. The first-order valence-electron chi connectivity index (χ1n) is 7.82. The summed E-state index contributed by atoms with van der Waals surface area (Å²) in [7, 11) is 5.86. The Bertz CT molecular complexity index is 486. The number of nitrogens with zero attached hydrogens (tertiary/aromatic N) is 3. The van der Waals surface area contributed by atoms with Crippen molar-refractivity contribution in [3.8, 4) is 0 Å². The van der Waals surface area contributed by atoms with Gasteiger partial charge < -0.3 is 15.5 Å². The molecule has 2 atom stereocenters. The zero-order chi connectivity index (χ0) is 15.9. The maximum Gasteiger partial charge on any atom is 0.191 e. The zero-order valence-electron chi connectivity index (χ0n) is 13.9. The lowest BCUT2D eigenvalue weighted by Crippen LogP contribution is -2.42. The van der Waals surface area contributed by atoms with Crippen molar-refractivity contribution >= 4 is 34.2 Å². The van der Waals surface area contributed by atoms with Gasteiger partial charge in [-0.05, 0) is 25.0 Å². The van der Waals surface area contributed by atoms with Gasteiger partial charge in [0, 0.05) is 37.8 Å². The molecule has 1 aliphatic carbocycles. The van der Waals surface area contributed by atoms with E-state index in [9.17, 15) is 0 Å². The fraction of sp³-hybridized carbons (Fsp3) is 0.733. The number of aliphatic imine (C=N–C) groups is 1. The third-order valence-corrected chi connectivity index (χ3v) is 6.00. The molecule has 1 aromatic heterocycles. The first-order valence-corrected chi connectivity index (χ1v) is 9.75. The molecule has 2 rings (SSSR count). The van der Waals surface area contributed by atoms with Crippen molar-refractivity contribution in [3.05, 3.63) is 11.1 Å². The quantitative estimate of drug-likeness (QED) is 0.615. The van der Waals surface area contributed by atoms with E-state index in [0.717, 1.165) is 22.0 Å². The van der Waals surface area contributed by atoms with Crippen molar-refractivity contribution in [2.24, 2.45) is 4.99 Å². The van der Waals surface area contributed by atoms with Crippen molar-refractivity contribution < 1.29 is 0 Å². The second-order valence-electron chi connectivity index (χ2n) is 5.67. The molecule has 0 saturated heterocycles. The summed E-state index contributed by atoms with van der Waals surface area (Å²) in [6, 6.07) is 0.544. The van der Waals surface area contributed by atoms with Gasteiger partial charge in [0.15, 0.2) is 11.1 Å². The van der Waals surface area contributed by atoms with Crippen LogP contribution in [0.3, 0.4) is 0 Å². The first-order chi connectivity index (χ1) is 10.6. The Balaban J connectivity index is 1.78. The van der Waals surface area contributed by atoms with Gasteiger partial charge in [0.25, 0.3) is 0 Å². The van der Waals surface area contributed by atoms with Crippen LogP contribution in [0.15, 0.2) is 10.4 Å². The number of aromatic nitrogens is 1. The van der Waals surface area contributed by atoms with Crippen LogP contribution in [0, 0.1) is 0 Å². The van der Waals surface area contributed by atoms with E-state index in [2.05, 4.69) is 44.7 Å². The van der Waals surface area contributed by atoms with Crippen LogP contribution >= 0.6 is 23.1 Å². The highest BCUT2D eigenvalue weighted by molar-refractivity contribution is 7.99. The molecule has 1 aromatic rings. The van der Waals surface area contributed by atoms with E-state index in [1.54, 1.807) is 11.3 Å². The minimum absolute atomic E-state index is 0.544. The SMILES string of the molecule is CCSC1CCC(NC(=NC)NCc2csc(N(C)C)n2)C1. The van der Waals surface area contributed by atoms with E-state index in [1.807, 2.05) is 26.0 Å². The molecule has 2 N–H and O–H groups in total. The van der Waals surface area contributed by atoms with Gasteiger partial charge in [0.05, 0.1) is 12.2 Å². The van der Waals surface area contributed by atoms with Crippen molar-refractivity contribution in [1.82, 2.24) is 15.6 Å². The minimum atomic E-state index is 0.544. The maximum absolute atomic E-state index is 4.58. The summed E-state index contributed by atoms with van der Waals surface area (Å²) in [5.41, 5.74) is 1.06. The van der Waals surface area contributed by atoms with Gasteiger partial charge in [-0.3, -0.25) is 4.99 Å². The van der Waals surface area contributed by atoms with E-state index in [1.165, 1.54) is 25.0 Å². The molecule has 124 valence electrons. The summed E-state index contributed by atoms with van der Waals surface area (Å²) in [4.78, 5) is 10.9. The highest BCUT2D eigenvalue weighted by atomic mass is 32.2. The summed E-state index contributed by atoms with van der Waals surface area (Å²) in [5.74, 6) is 2.09. The highest BCUT2D eigenvalue weighted by Gasteiger charge is 2.25.